The van der Waals surface area contributed by atoms with Crippen LogP contribution in [-0.4, -0.2) is 16.8 Å². The second kappa shape index (κ2) is 6.92. The number of nitrogens with zero attached hydrogens (tertiary/aromatic N) is 2. The SMILES string of the molecule is O=C1OC(c2cccc(F)c2)=N/C1=C/c1ccc(-c2ccc([N+](=O)[O-])cc2)o1. The number of nitro benzene ring substituents is 1. The summed E-state index contributed by atoms with van der Waals surface area (Å²) in [5.74, 6) is -0.301. The summed E-state index contributed by atoms with van der Waals surface area (Å²) in [6, 6.07) is 14.8. The fourth-order valence-electron chi connectivity index (χ4n) is 2.62. The Kier molecular flexibility index (Phi) is 4.29. The van der Waals surface area contributed by atoms with Crippen LogP contribution < -0.4 is 0 Å². The van der Waals surface area contributed by atoms with Crippen LogP contribution in [0.15, 0.2) is 75.8 Å². The molecule has 2 heterocycles. The minimum absolute atomic E-state index is 0.0119. The summed E-state index contributed by atoms with van der Waals surface area (Å²) in [7, 11) is 0. The van der Waals surface area contributed by atoms with Crippen LogP contribution in [0.25, 0.3) is 17.4 Å². The molecule has 3 aromatic rings. The second-order valence-electron chi connectivity index (χ2n) is 5.85. The van der Waals surface area contributed by atoms with Crippen LogP contribution in [0.5, 0.6) is 0 Å². The van der Waals surface area contributed by atoms with Crippen molar-refractivity contribution in [3.63, 3.8) is 0 Å². The Morgan fingerprint density at radius 3 is 2.54 bits per heavy atom. The Labute approximate surface area is 157 Å². The number of cyclic esters (lactones) is 1. The van der Waals surface area contributed by atoms with E-state index in [9.17, 15) is 19.3 Å². The van der Waals surface area contributed by atoms with Crippen molar-refractivity contribution in [2.45, 2.75) is 0 Å². The van der Waals surface area contributed by atoms with E-state index in [-0.39, 0.29) is 17.3 Å². The fraction of sp³-hybridized carbons (Fsp3) is 0. The highest BCUT2D eigenvalue weighted by molar-refractivity contribution is 6.12. The Morgan fingerprint density at radius 1 is 1.04 bits per heavy atom. The molecule has 28 heavy (non-hydrogen) atoms. The van der Waals surface area contributed by atoms with Gasteiger partial charge in [0, 0.05) is 29.3 Å². The summed E-state index contributed by atoms with van der Waals surface area (Å²) in [5.41, 5.74) is 0.991. The Bertz CT molecular complexity index is 1150. The first kappa shape index (κ1) is 17.3. The third-order valence-electron chi connectivity index (χ3n) is 3.96. The van der Waals surface area contributed by atoms with Crippen LogP contribution in [0.1, 0.15) is 11.3 Å². The number of rotatable bonds is 4. The van der Waals surface area contributed by atoms with Crippen molar-refractivity contribution in [1.82, 2.24) is 0 Å². The van der Waals surface area contributed by atoms with E-state index in [1.54, 1.807) is 30.3 Å². The number of non-ortho nitro benzene ring substituents is 1. The molecule has 0 saturated heterocycles. The Morgan fingerprint density at radius 2 is 1.82 bits per heavy atom. The first-order valence-electron chi connectivity index (χ1n) is 8.13. The molecule has 1 aliphatic rings. The normalized spacial score (nSPS) is 14.8. The minimum Gasteiger partial charge on any atom is -0.457 e. The zero-order valence-corrected chi connectivity index (χ0v) is 14.2. The number of hydrogen-bond acceptors (Lipinski definition) is 6. The van der Waals surface area contributed by atoms with Gasteiger partial charge in [-0.15, -0.1) is 0 Å². The van der Waals surface area contributed by atoms with Gasteiger partial charge in [0.05, 0.1) is 4.92 Å². The second-order valence-corrected chi connectivity index (χ2v) is 5.85. The quantitative estimate of drug-likeness (QED) is 0.291. The van der Waals surface area contributed by atoms with Crippen LogP contribution >= 0.6 is 0 Å². The average Bonchev–Trinajstić information content (AvgIpc) is 3.29. The van der Waals surface area contributed by atoms with Crippen molar-refractivity contribution in [3.8, 4) is 11.3 Å². The zero-order chi connectivity index (χ0) is 19.7. The van der Waals surface area contributed by atoms with Gasteiger partial charge < -0.3 is 9.15 Å². The van der Waals surface area contributed by atoms with Gasteiger partial charge in [0.1, 0.15) is 17.3 Å². The fourth-order valence-corrected chi connectivity index (χ4v) is 2.62. The van der Waals surface area contributed by atoms with E-state index < -0.39 is 16.7 Å². The lowest BCUT2D eigenvalue weighted by Crippen LogP contribution is -2.05. The van der Waals surface area contributed by atoms with E-state index in [1.807, 2.05) is 0 Å². The maximum atomic E-state index is 13.3. The van der Waals surface area contributed by atoms with E-state index in [0.29, 0.717) is 22.6 Å². The van der Waals surface area contributed by atoms with Crippen molar-refractivity contribution in [3.05, 3.63) is 93.6 Å². The molecule has 1 aliphatic heterocycles. The highest BCUT2D eigenvalue weighted by atomic mass is 19.1. The standard InChI is InChI=1S/C20H11FN2O5/c21-14-3-1-2-13(10-14)19-22-17(20(24)28-19)11-16-8-9-18(27-16)12-4-6-15(7-5-12)23(25)26/h1-11H/b17-11+. The molecule has 138 valence electrons. The number of carbonyl (C=O) groups excluding carboxylic acids is 1. The summed E-state index contributed by atoms with van der Waals surface area (Å²) >= 11 is 0. The van der Waals surface area contributed by atoms with Gasteiger partial charge in [-0.2, -0.15) is 0 Å². The summed E-state index contributed by atoms with van der Waals surface area (Å²) in [6.45, 7) is 0. The van der Waals surface area contributed by atoms with Gasteiger partial charge in [0.15, 0.2) is 5.70 Å². The van der Waals surface area contributed by atoms with Gasteiger partial charge in [-0.3, -0.25) is 10.1 Å². The van der Waals surface area contributed by atoms with E-state index in [1.165, 1.54) is 36.4 Å². The number of carbonyl (C=O) groups is 1. The molecule has 0 unspecified atom stereocenters. The van der Waals surface area contributed by atoms with Crippen molar-refractivity contribution < 1.29 is 23.3 Å². The molecule has 0 radical (unpaired) electrons. The van der Waals surface area contributed by atoms with Crippen LogP contribution in [-0.2, 0) is 9.53 Å². The maximum absolute atomic E-state index is 13.3. The Balaban J connectivity index is 1.59. The van der Waals surface area contributed by atoms with E-state index in [2.05, 4.69) is 4.99 Å². The van der Waals surface area contributed by atoms with Crippen molar-refractivity contribution in [2.24, 2.45) is 4.99 Å². The molecule has 0 spiro atoms. The van der Waals surface area contributed by atoms with E-state index >= 15 is 0 Å². The number of hydrogen-bond donors (Lipinski definition) is 0. The molecule has 4 rings (SSSR count). The minimum atomic E-state index is -0.674. The van der Waals surface area contributed by atoms with Crippen LogP contribution in [0.3, 0.4) is 0 Å². The molecule has 0 saturated carbocycles. The van der Waals surface area contributed by atoms with Crippen molar-refractivity contribution in [2.75, 3.05) is 0 Å². The predicted octanol–water partition coefficient (Wildman–Crippen LogP) is 4.34. The number of aliphatic imine (C=N–C) groups is 1. The Hall–Kier alpha value is -4.07. The molecular formula is C20H11FN2O5. The van der Waals surface area contributed by atoms with Crippen LogP contribution in [0, 0.1) is 15.9 Å². The molecule has 0 N–H and O–H groups in total. The van der Waals surface area contributed by atoms with Gasteiger partial charge in [0.25, 0.3) is 5.69 Å². The average molecular weight is 378 g/mol. The lowest BCUT2D eigenvalue weighted by atomic mass is 10.1. The number of nitro groups is 1. The third-order valence-corrected chi connectivity index (χ3v) is 3.96. The van der Waals surface area contributed by atoms with Crippen LogP contribution in [0.4, 0.5) is 10.1 Å². The summed E-state index contributed by atoms with van der Waals surface area (Å²) < 4.78 is 24.1. The molecule has 0 aliphatic carbocycles. The van der Waals surface area contributed by atoms with Crippen molar-refractivity contribution >= 4 is 23.6 Å². The first-order valence-corrected chi connectivity index (χ1v) is 8.13. The van der Waals surface area contributed by atoms with E-state index in [0.717, 1.165) is 0 Å². The summed E-state index contributed by atoms with van der Waals surface area (Å²) in [5, 5.41) is 10.7. The molecule has 8 heteroatoms. The van der Waals surface area contributed by atoms with Gasteiger partial charge in [-0.1, -0.05) is 6.07 Å². The smallest absolute Gasteiger partial charge is 0.363 e. The topological polar surface area (TPSA) is 94.9 Å². The zero-order valence-electron chi connectivity index (χ0n) is 14.2. The highest BCUT2D eigenvalue weighted by Crippen LogP contribution is 2.26. The molecule has 0 amide bonds. The molecule has 1 aromatic heterocycles. The largest absolute Gasteiger partial charge is 0.457 e. The van der Waals surface area contributed by atoms with Crippen LogP contribution in [0.2, 0.25) is 0 Å². The molecule has 0 bridgehead atoms. The maximum Gasteiger partial charge on any atom is 0.363 e. The predicted molar refractivity (Wildman–Crippen MR) is 97.8 cm³/mol. The molecule has 7 nitrogen and oxygen atoms in total. The van der Waals surface area contributed by atoms with Gasteiger partial charge in [0.2, 0.25) is 5.90 Å². The van der Waals surface area contributed by atoms with Gasteiger partial charge in [-0.25, -0.2) is 14.2 Å². The summed E-state index contributed by atoms with van der Waals surface area (Å²) in [6.07, 6.45) is 1.41. The van der Waals surface area contributed by atoms with Gasteiger partial charge in [-0.05, 0) is 42.5 Å². The molecule has 0 fully saturated rings. The third kappa shape index (κ3) is 3.43. The lowest BCUT2D eigenvalue weighted by Gasteiger charge is -1.98. The van der Waals surface area contributed by atoms with E-state index in [4.69, 9.17) is 9.15 Å². The number of furan rings is 1. The summed E-state index contributed by atoms with van der Waals surface area (Å²) in [4.78, 5) is 26.4. The van der Waals surface area contributed by atoms with Crippen molar-refractivity contribution in [1.29, 1.82) is 0 Å². The number of esters is 1. The molecular weight excluding hydrogens is 367 g/mol. The van der Waals surface area contributed by atoms with Gasteiger partial charge >= 0.3 is 5.97 Å². The first-order chi connectivity index (χ1) is 13.5. The number of benzene rings is 2. The number of halogens is 1. The highest BCUT2D eigenvalue weighted by Gasteiger charge is 2.25. The molecule has 2 aromatic carbocycles. The lowest BCUT2D eigenvalue weighted by molar-refractivity contribution is -0.384. The monoisotopic (exact) mass is 378 g/mol. The number of ether oxygens (including phenoxy) is 1. The molecule has 0 atom stereocenters.